The van der Waals surface area contributed by atoms with Gasteiger partial charge < -0.3 is 20.1 Å². The fraction of sp³-hybridized carbons (Fsp3) is 0.158. The van der Waals surface area contributed by atoms with Crippen molar-refractivity contribution in [2.75, 3.05) is 24.4 Å². The minimum Gasteiger partial charge on any atom is -0.465 e. The molecule has 0 spiro atoms. The molecule has 2 rings (SSSR count). The maximum Gasteiger partial charge on any atom is 0.340 e. The Hall–Kier alpha value is -3.68. The normalized spacial score (nSPS) is 9.85. The van der Waals surface area contributed by atoms with E-state index < -0.39 is 23.8 Å². The van der Waals surface area contributed by atoms with Crippen molar-refractivity contribution in [2.45, 2.75) is 6.92 Å². The standard InChI is InChI=1S/C19H18N2O6/c1-3-27-19(25)13-9-5-7-11-15(13)21-17(23)16(22)20-14-10-6-4-8-12(14)18(24)26-2/h4-11H,3H2,1-2H3,(H,20,22)(H,21,23). The van der Waals surface area contributed by atoms with Crippen LogP contribution in [0.3, 0.4) is 0 Å². The molecule has 2 aromatic carbocycles. The van der Waals surface area contributed by atoms with Crippen LogP contribution in [0.2, 0.25) is 0 Å². The van der Waals surface area contributed by atoms with Gasteiger partial charge >= 0.3 is 23.8 Å². The Bertz CT molecular complexity index is 878. The number of para-hydroxylation sites is 2. The summed E-state index contributed by atoms with van der Waals surface area (Å²) < 4.78 is 9.56. The van der Waals surface area contributed by atoms with Gasteiger partial charge in [0.05, 0.1) is 36.2 Å². The predicted molar refractivity (Wildman–Crippen MR) is 97.4 cm³/mol. The molecular weight excluding hydrogens is 352 g/mol. The molecule has 0 saturated carbocycles. The Kier molecular flexibility index (Phi) is 6.65. The van der Waals surface area contributed by atoms with Crippen LogP contribution in [0.25, 0.3) is 0 Å². The minimum atomic E-state index is -1.01. The molecule has 2 amide bonds. The lowest BCUT2D eigenvalue weighted by Crippen LogP contribution is -2.30. The molecule has 0 saturated heterocycles. The van der Waals surface area contributed by atoms with Gasteiger partial charge in [0.25, 0.3) is 0 Å². The molecule has 0 aliphatic carbocycles. The molecule has 0 heterocycles. The molecule has 2 aromatic rings. The fourth-order valence-electron chi connectivity index (χ4n) is 2.22. The van der Waals surface area contributed by atoms with Crippen molar-refractivity contribution in [3.63, 3.8) is 0 Å². The number of hydrogen-bond donors (Lipinski definition) is 2. The molecular formula is C19H18N2O6. The highest BCUT2D eigenvalue weighted by molar-refractivity contribution is 6.44. The summed E-state index contributed by atoms with van der Waals surface area (Å²) >= 11 is 0. The van der Waals surface area contributed by atoms with Crippen molar-refractivity contribution >= 4 is 35.1 Å². The molecule has 0 fully saturated rings. The Labute approximate surface area is 155 Å². The number of nitrogens with one attached hydrogen (secondary N) is 2. The fourth-order valence-corrected chi connectivity index (χ4v) is 2.22. The Morgan fingerprint density at radius 1 is 0.778 bits per heavy atom. The van der Waals surface area contributed by atoms with Crippen LogP contribution in [-0.4, -0.2) is 37.5 Å². The first-order valence-electron chi connectivity index (χ1n) is 8.03. The second-order valence-corrected chi connectivity index (χ2v) is 5.21. The largest absolute Gasteiger partial charge is 0.465 e. The van der Waals surface area contributed by atoms with Gasteiger partial charge in [0, 0.05) is 0 Å². The molecule has 0 bridgehead atoms. The van der Waals surface area contributed by atoms with E-state index in [4.69, 9.17) is 4.74 Å². The van der Waals surface area contributed by atoms with Gasteiger partial charge in [0.2, 0.25) is 0 Å². The first-order valence-corrected chi connectivity index (χ1v) is 8.03. The van der Waals surface area contributed by atoms with E-state index in [2.05, 4.69) is 15.4 Å². The lowest BCUT2D eigenvalue weighted by molar-refractivity contribution is -0.133. The zero-order valence-electron chi connectivity index (χ0n) is 14.8. The smallest absolute Gasteiger partial charge is 0.340 e. The van der Waals surface area contributed by atoms with Crippen LogP contribution in [0, 0.1) is 0 Å². The molecule has 0 radical (unpaired) electrons. The lowest BCUT2D eigenvalue weighted by atomic mass is 10.1. The number of ether oxygens (including phenoxy) is 2. The van der Waals surface area contributed by atoms with E-state index in [-0.39, 0.29) is 29.1 Å². The average molecular weight is 370 g/mol. The van der Waals surface area contributed by atoms with E-state index in [0.29, 0.717) is 0 Å². The summed E-state index contributed by atoms with van der Waals surface area (Å²) in [5.41, 5.74) is 0.490. The SMILES string of the molecule is CCOC(=O)c1ccccc1NC(=O)C(=O)Nc1ccccc1C(=O)OC. The first kappa shape index (κ1) is 19.6. The van der Waals surface area contributed by atoms with Gasteiger partial charge in [0.15, 0.2) is 0 Å². The van der Waals surface area contributed by atoms with Crippen LogP contribution in [0.1, 0.15) is 27.6 Å². The lowest BCUT2D eigenvalue weighted by Gasteiger charge is -2.11. The number of carbonyl (C=O) groups is 4. The van der Waals surface area contributed by atoms with Gasteiger partial charge in [-0.3, -0.25) is 9.59 Å². The third-order valence-electron chi connectivity index (χ3n) is 3.46. The first-order chi connectivity index (χ1) is 13.0. The molecule has 8 heteroatoms. The minimum absolute atomic E-state index is 0.105. The molecule has 27 heavy (non-hydrogen) atoms. The average Bonchev–Trinajstić information content (AvgIpc) is 2.68. The van der Waals surface area contributed by atoms with E-state index >= 15 is 0 Å². The number of esters is 2. The van der Waals surface area contributed by atoms with E-state index in [0.717, 1.165) is 0 Å². The van der Waals surface area contributed by atoms with Crippen molar-refractivity contribution in [2.24, 2.45) is 0 Å². The van der Waals surface area contributed by atoms with E-state index in [1.54, 1.807) is 31.2 Å². The molecule has 8 nitrogen and oxygen atoms in total. The second kappa shape index (κ2) is 9.14. The zero-order valence-corrected chi connectivity index (χ0v) is 14.8. The highest BCUT2D eigenvalue weighted by atomic mass is 16.5. The molecule has 2 N–H and O–H groups in total. The van der Waals surface area contributed by atoms with Crippen LogP contribution in [-0.2, 0) is 19.1 Å². The summed E-state index contributed by atoms with van der Waals surface area (Å²) in [5, 5.41) is 4.72. The third-order valence-corrected chi connectivity index (χ3v) is 3.46. The van der Waals surface area contributed by atoms with Gasteiger partial charge in [-0.15, -0.1) is 0 Å². The quantitative estimate of drug-likeness (QED) is 0.617. The summed E-state index contributed by atoms with van der Waals surface area (Å²) in [6, 6.07) is 12.3. The molecule has 140 valence electrons. The van der Waals surface area contributed by atoms with Crippen LogP contribution in [0.5, 0.6) is 0 Å². The van der Waals surface area contributed by atoms with Gasteiger partial charge in [-0.2, -0.15) is 0 Å². The highest BCUT2D eigenvalue weighted by Gasteiger charge is 2.20. The molecule has 0 aliphatic heterocycles. The van der Waals surface area contributed by atoms with Gasteiger partial charge in [0.1, 0.15) is 0 Å². The number of amides is 2. The number of carbonyl (C=O) groups excluding carboxylic acids is 4. The topological polar surface area (TPSA) is 111 Å². The zero-order chi connectivity index (χ0) is 19.8. The molecule has 0 unspecified atom stereocenters. The maximum absolute atomic E-state index is 12.2. The summed E-state index contributed by atoms with van der Waals surface area (Å²) in [6.07, 6.45) is 0. The number of rotatable bonds is 5. The number of methoxy groups -OCH3 is 1. The van der Waals surface area contributed by atoms with Crippen molar-refractivity contribution < 1.29 is 28.7 Å². The third kappa shape index (κ3) is 4.91. The van der Waals surface area contributed by atoms with Gasteiger partial charge in [-0.05, 0) is 31.2 Å². The Balaban J connectivity index is 2.15. The monoisotopic (exact) mass is 370 g/mol. The predicted octanol–water partition coefficient (Wildman–Crippen LogP) is 2.23. The van der Waals surface area contributed by atoms with Gasteiger partial charge in [-0.1, -0.05) is 24.3 Å². The summed E-state index contributed by atoms with van der Waals surface area (Å²) in [7, 11) is 1.21. The summed E-state index contributed by atoms with van der Waals surface area (Å²) in [6.45, 7) is 1.83. The Morgan fingerprint density at radius 2 is 1.22 bits per heavy atom. The second-order valence-electron chi connectivity index (χ2n) is 5.21. The number of anilines is 2. The molecule has 0 atom stereocenters. The van der Waals surface area contributed by atoms with Gasteiger partial charge in [-0.25, -0.2) is 9.59 Å². The Morgan fingerprint density at radius 3 is 1.67 bits per heavy atom. The van der Waals surface area contributed by atoms with Crippen molar-refractivity contribution in [1.82, 2.24) is 0 Å². The number of hydrogen-bond acceptors (Lipinski definition) is 6. The molecule has 0 aromatic heterocycles. The van der Waals surface area contributed by atoms with Crippen molar-refractivity contribution in [3.8, 4) is 0 Å². The summed E-state index contributed by atoms with van der Waals surface area (Å²) in [4.78, 5) is 48.1. The van der Waals surface area contributed by atoms with Crippen LogP contribution in [0.4, 0.5) is 11.4 Å². The number of benzene rings is 2. The van der Waals surface area contributed by atoms with E-state index in [9.17, 15) is 19.2 Å². The van der Waals surface area contributed by atoms with Crippen LogP contribution < -0.4 is 10.6 Å². The van der Waals surface area contributed by atoms with Crippen molar-refractivity contribution in [3.05, 3.63) is 59.7 Å². The molecule has 0 aliphatic rings. The highest BCUT2D eigenvalue weighted by Crippen LogP contribution is 2.18. The van der Waals surface area contributed by atoms with E-state index in [1.807, 2.05) is 0 Å². The van der Waals surface area contributed by atoms with Crippen LogP contribution >= 0.6 is 0 Å². The summed E-state index contributed by atoms with van der Waals surface area (Å²) in [5.74, 6) is -3.29. The van der Waals surface area contributed by atoms with E-state index in [1.165, 1.54) is 31.4 Å². The maximum atomic E-state index is 12.2. The van der Waals surface area contributed by atoms with Crippen LogP contribution in [0.15, 0.2) is 48.5 Å². The van der Waals surface area contributed by atoms with Crippen molar-refractivity contribution in [1.29, 1.82) is 0 Å².